The van der Waals surface area contributed by atoms with Crippen molar-refractivity contribution in [3.05, 3.63) is 38.5 Å². The molecule has 0 unspecified atom stereocenters. The Labute approximate surface area is 120 Å². The molecule has 0 aromatic carbocycles. The summed E-state index contributed by atoms with van der Waals surface area (Å²) in [6.45, 7) is 3.45. The van der Waals surface area contributed by atoms with E-state index in [0.29, 0.717) is 28.2 Å². The average molecular weight is 302 g/mol. The molecule has 0 radical (unpaired) electrons. The van der Waals surface area contributed by atoms with Crippen molar-refractivity contribution in [1.82, 2.24) is 4.98 Å². The van der Waals surface area contributed by atoms with Crippen molar-refractivity contribution < 1.29 is 0 Å². The Morgan fingerprint density at radius 1 is 1.22 bits per heavy atom. The third-order valence-corrected chi connectivity index (χ3v) is 3.62. The highest BCUT2D eigenvalue weighted by Gasteiger charge is 2.08. The fourth-order valence-electron chi connectivity index (χ4n) is 1.46. The monoisotopic (exact) mass is 301 g/mol. The molecule has 2 aromatic heterocycles. The van der Waals surface area contributed by atoms with Crippen LogP contribution in [0, 0.1) is 0 Å². The van der Waals surface area contributed by atoms with Crippen LogP contribution in [0.2, 0.25) is 10.0 Å². The Morgan fingerprint density at radius 3 is 2.56 bits per heavy atom. The summed E-state index contributed by atoms with van der Waals surface area (Å²) in [4.78, 5) is 4.38. The van der Waals surface area contributed by atoms with Gasteiger partial charge in [0.1, 0.15) is 11.6 Å². The smallest absolute Gasteiger partial charge is 0.147 e. The van der Waals surface area contributed by atoms with Gasteiger partial charge in [0.2, 0.25) is 0 Å². The van der Waals surface area contributed by atoms with Gasteiger partial charge in [-0.3, -0.25) is 0 Å². The fraction of sp³-hybridized carbons (Fsp3) is 0.250. The van der Waals surface area contributed by atoms with Crippen molar-refractivity contribution in [2.75, 3.05) is 17.2 Å². The van der Waals surface area contributed by atoms with Crippen LogP contribution in [0.15, 0.2) is 22.9 Å². The number of thiophene rings is 1. The first-order valence-electron chi connectivity index (χ1n) is 5.55. The second-order valence-electron chi connectivity index (χ2n) is 3.66. The van der Waals surface area contributed by atoms with Gasteiger partial charge in [0.25, 0.3) is 0 Å². The average Bonchev–Trinajstić information content (AvgIpc) is 2.84. The van der Waals surface area contributed by atoms with Crippen molar-refractivity contribution in [2.24, 2.45) is 0 Å². The summed E-state index contributed by atoms with van der Waals surface area (Å²) >= 11 is 13.8. The van der Waals surface area contributed by atoms with Gasteiger partial charge in [-0.15, -0.1) is 0 Å². The molecule has 96 valence electrons. The lowest BCUT2D eigenvalue weighted by molar-refractivity contribution is 1.10. The highest BCUT2D eigenvalue weighted by molar-refractivity contribution is 7.07. The standard InChI is InChI=1S/C12H13Cl2N3S/c1-2-15-11-9(13)5-10(14)12(17-11)16-6-8-3-4-18-7-8/h3-5,7H,2,6H2,1H3,(H2,15,16,17). The molecule has 0 saturated heterocycles. The number of pyridine rings is 1. The molecule has 0 aliphatic rings. The van der Waals surface area contributed by atoms with E-state index in [0.717, 1.165) is 6.54 Å². The molecular weight excluding hydrogens is 289 g/mol. The molecule has 0 amide bonds. The van der Waals surface area contributed by atoms with Gasteiger partial charge in [-0.25, -0.2) is 4.98 Å². The van der Waals surface area contributed by atoms with Gasteiger partial charge in [-0.1, -0.05) is 23.2 Å². The van der Waals surface area contributed by atoms with Crippen LogP contribution in [0.1, 0.15) is 12.5 Å². The Bertz CT molecular complexity index is 514. The van der Waals surface area contributed by atoms with Crippen molar-refractivity contribution in [3.63, 3.8) is 0 Å². The molecule has 0 bridgehead atoms. The first-order chi connectivity index (χ1) is 8.70. The molecule has 2 rings (SSSR count). The van der Waals surface area contributed by atoms with Crippen LogP contribution < -0.4 is 10.6 Å². The molecule has 0 spiro atoms. The number of nitrogens with one attached hydrogen (secondary N) is 2. The molecule has 6 heteroatoms. The van der Waals surface area contributed by atoms with E-state index in [1.165, 1.54) is 5.56 Å². The predicted molar refractivity (Wildman–Crippen MR) is 80.1 cm³/mol. The Hall–Kier alpha value is -0.970. The van der Waals surface area contributed by atoms with Crippen LogP contribution in [-0.2, 0) is 6.54 Å². The molecule has 0 fully saturated rings. The number of nitrogens with zero attached hydrogens (tertiary/aromatic N) is 1. The first kappa shape index (κ1) is 13.5. The lowest BCUT2D eigenvalue weighted by atomic mass is 10.3. The number of rotatable bonds is 5. The van der Waals surface area contributed by atoms with Gasteiger partial charge in [0.05, 0.1) is 10.0 Å². The topological polar surface area (TPSA) is 37.0 Å². The van der Waals surface area contributed by atoms with Crippen LogP contribution in [0.25, 0.3) is 0 Å². The zero-order valence-electron chi connectivity index (χ0n) is 9.84. The number of aromatic nitrogens is 1. The summed E-state index contributed by atoms with van der Waals surface area (Å²) in [5.74, 6) is 1.29. The molecule has 2 heterocycles. The minimum Gasteiger partial charge on any atom is -0.369 e. The zero-order valence-corrected chi connectivity index (χ0v) is 12.2. The summed E-state index contributed by atoms with van der Waals surface area (Å²) in [5.41, 5.74) is 1.21. The summed E-state index contributed by atoms with van der Waals surface area (Å²) in [5, 5.41) is 11.5. The minimum atomic E-state index is 0.525. The molecule has 0 atom stereocenters. The van der Waals surface area contributed by atoms with E-state index in [4.69, 9.17) is 23.2 Å². The van der Waals surface area contributed by atoms with Gasteiger partial charge in [-0.05, 0) is 35.4 Å². The van der Waals surface area contributed by atoms with E-state index in [-0.39, 0.29) is 0 Å². The van der Waals surface area contributed by atoms with Crippen LogP contribution >= 0.6 is 34.5 Å². The lowest BCUT2D eigenvalue weighted by Gasteiger charge is -2.11. The van der Waals surface area contributed by atoms with Crippen LogP contribution in [0.3, 0.4) is 0 Å². The molecule has 0 saturated carbocycles. The molecule has 3 nitrogen and oxygen atoms in total. The highest BCUT2D eigenvalue weighted by atomic mass is 35.5. The van der Waals surface area contributed by atoms with Gasteiger partial charge in [-0.2, -0.15) is 11.3 Å². The first-order valence-corrected chi connectivity index (χ1v) is 7.25. The SMILES string of the molecule is CCNc1nc(NCc2ccsc2)c(Cl)cc1Cl. The van der Waals surface area contributed by atoms with E-state index >= 15 is 0 Å². The van der Waals surface area contributed by atoms with Crippen molar-refractivity contribution in [2.45, 2.75) is 13.5 Å². The molecular formula is C12H13Cl2N3S. The number of hydrogen-bond donors (Lipinski definition) is 2. The summed E-state index contributed by atoms with van der Waals surface area (Å²) < 4.78 is 0. The van der Waals surface area contributed by atoms with Crippen molar-refractivity contribution >= 4 is 46.2 Å². The summed E-state index contributed by atoms with van der Waals surface area (Å²) in [7, 11) is 0. The van der Waals surface area contributed by atoms with E-state index in [2.05, 4.69) is 27.1 Å². The quantitative estimate of drug-likeness (QED) is 0.854. The van der Waals surface area contributed by atoms with E-state index in [1.807, 2.05) is 12.3 Å². The third-order valence-electron chi connectivity index (χ3n) is 2.31. The predicted octanol–water partition coefficient (Wildman–Crippen LogP) is 4.49. The van der Waals surface area contributed by atoms with Crippen LogP contribution in [0.5, 0.6) is 0 Å². The van der Waals surface area contributed by atoms with Gasteiger partial charge < -0.3 is 10.6 Å². The molecule has 2 aromatic rings. The molecule has 0 aliphatic heterocycles. The number of hydrogen-bond acceptors (Lipinski definition) is 4. The number of anilines is 2. The van der Waals surface area contributed by atoms with Gasteiger partial charge >= 0.3 is 0 Å². The van der Waals surface area contributed by atoms with E-state index < -0.39 is 0 Å². The summed E-state index contributed by atoms with van der Waals surface area (Å²) in [6.07, 6.45) is 0. The summed E-state index contributed by atoms with van der Waals surface area (Å²) in [6, 6.07) is 3.76. The largest absolute Gasteiger partial charge is 0.369 e. The lowest BCUT2D eigenvalue weighted by Crippen LogP contribution is -2.05. The molecule has 18 heavy (non-hydrogen) atoms. The Balaban J connectivity index is 2.13. The maximum absolute atomic E-state index is 6.11. The van der Waals surface area contributed by atoms with Crippen LogP contribution in [0.4, 0.5) is 11.6 Å². The second kappa shape index (κ2) is 6.27. The van der Waals surface area contributed by atoms with Gasteiger partial charge in [0, 0.05) is 13.1 Å². The highest BCUT2D eigenvalue weighted by Crippen LogP contribution is 2.29. The normalized spacial score (nSPS) is 10.4. The van der Waals surface area contributed by atoms with E-state index in [9.17, 15) is 0 Å². The zero-order chi connectivity index (χ0) is 13.0. The van der Waals surface area contributed by atoms with Crippen LogP contribution in [-0.4, -0.2) is 11.5 Å². The van der Waals surface area contributed by atoms with E-state index in [1.54, 1.807) is 17.4 Å². The third kappa shape index (κ3) is 3.28. The maximum Gasteiger partial charge on any atom is 0.147 e. The minimum absolute atomic E-state index is 0.525. The second-order valence-corrected chi connectivity index (χ2v) is 5.26. The number of halogens is 2. The molecule has 2 N–H and O–H groups in total. The van der Waals surface area contributed by atoms with Crippen molar-refractivity contribution in [3.8, 4) is 0 Å². The molecule has 0 aliphatic carbocycles. The Kier molecular flexibility index (Phi) is 4.69. The maximum atomic E-state index is 6.11. The Morgan fingerprint density at radius 2 is 1.94 bits per heavy atom. The van der Waals surface area contributed by atoms with Gasteiger partial charge in [0.15, 0.2) is 0 Å². The van der Waals surface area contributed by atoms with Crippen molar-refractivity contribution in [1.29, 1.82) is 0 Å². The fourth-order valence-corrected chi connectivity index (χ4v) is 2.62.